The molecule has 0 fully saturated rings. The molecular formula is C13H25N3O6. The number of unbranched alkanes of at least 4 members (excludes halogenated alkanes) is 2. The molecule has 0 radical (unpaired) electrons. The molecule has 0 unspecified atom stereocenters. The van der Waals surface area contributed by atoms with E-state index in [0.717, 1.165) is 19.3 Å². The summed E-state index contributed by atoms with van der Waals surface area (Å²) < 4.78 is 0. The van der Waals surface area contributed by atoms with E-state index in [-0.39, 0.29) is 26.2 Å². The highest BCUT2D eigenvalue weighted by atomic mass is 16.4. The van der Waals surface area contributed by atoms with Gasteiger partial charge in [-0.05, 0) is 25.9 Å². The van der Waals surface area contributed by atoms with Crippen LogP contribution >= 0.6 is 0 Å². The summed E-state index contributed by atoms with van der Waals surface area (Å²) >= 11 is 0. The lowest BCUT2D eigenvalue weighted by atomic mass is 10.2. The van der Waals surface area contributed by atoms with Gasteiger partial charge in [0.25, 0.3) is 0 Å². The first-order chi connectivity index (χ1) is 10.3. The van der Waals surface area contributed by atoms with E-state index in [4.69, 9.17) is 21.1 Å². The normalized spacial score (nSPS) is 11.0. The summed E-state index contributed by atoms with van der Waals surface area (Å²) in [6.45, 7) is 0.694. The molecule has 0 aromatic heterocycles. The maximum absolute atomic E-state index is 10.8. The minimum Gasteiger partial charge on any atom is -0.480 e. The number of hydrogen-bond acceptors (Lipinski definition) is 6. The van der Waals surface area contributed by atoms with Crippen molar-refractivity contribution in [1.82, 2.24) is 9.80 Å². The van der Waals surface area contributed by atoms with Gasteiger partial charge in [-0.2, -0.15) is 0 Å². The molecule has 0 aliphatic carbocycles. The van der Waals surface area contributed by atoms with E-state index in [2.05, 4.69) is 0 Å². The largest absolute Gasteiger partial charge is 0.480 e. The molecular weight excluding hydrogens is 294 g/mol. The average Bonchev–Trinajstić information content (AvgIpc) is 2.38. The third kappa shape index (κ3) is 12.1. The van der Waals surface area contributed by atoms with E-state index in [1.165, 1.54) is 4.90 Å². The third-order valence-electron chi connectivity index (χ3n) is 2.99. The fourth-order valence-corrected chi connectivity index (χ4v) is 2.00. The predicted octanol–water partition coefficient (Wildman–Crippen LogP) is -1.03. The average molecular weight is 319 g/mol. The zero-order chi connectivity index (χ0) is 17.0. The molecule has 0 aliphatic heterocycles. The lowest BCUT2D eigenvalue weighted by molar-refractivity contribution is -0.143. The highest BCUT2D eigenvalue weighted by molar-refractivity contribution is 5.72. The molecule has 0 atom stereocenters. The summed E-state index contributed by atoms with van der Waals surface area (Å²) in [7, 11) is 0. The Kier molecular flexibility index (Phi) is 11.0. The van der Waals surface area contributed by atoms with E-state index in [1.54, 1.807) is 4.90 Å². The fourth-order valence-electron chi connectivity index (χ4n) is 2.00. The second-order valence-corrected chi connectivity index (χ2v) is 5.02. The maximum atomic E-state index is 10.8. The van der Waals surface area contributed by atoms with Gasteiger partial charge in [0.05, 0.1) is 19.6 Å². The van der Waals surface area contributed by atoms with Crippen LogP contribution in [0.4, 0.5) is 0 Å². The van der Waals surface area contributed by atoms with Gasteiger partial charge in [-0.15, -0.1) is 0 Å². The topological polar surface area (TPSA) is 144 Å². The Bertz CT molecular complexity index is 348. The van der Waals surface area contributed by atoms with Gasteiger partial charge in [-0.3, -0.25) is 24.2 Å². The van der Waals surface area contributed by atoms with E-state index in [1.807, 2.05) is 0 Å². The van der Waals surface area contributed by atoms with Crippen molar-refractivity contribution in [3.63, 3.8) is 0 Å². The minimum absolute atomic E-state index is 0.156. The van der Waals surface area contributed by atoms with Crippen LogP contribution in [-0.4, -0.2) is 88.8 Å². The van der Waals surface area contributed by atoms with Gasteiger partial charge in [0.2, 0.25) is 0 Å². The molecule has 0 spiro atoms. The van der Waals surface area contributed by atoms with Gasteiger partial charge in [0.15, 0.2) is 0 Å². The van der Waals surface area contributed by atoms with Crippen molar-refractivity contribution >= 4 is 17.9 Å². The quantitative estimate of drug-likeness (QED) is 0.295. The predicted molar refractivity (Wildman–Crippen MR) is 78.7 cm³/mol. The second-order valence-electron chi connectivity index (χ2n) is 5.02. The lowest BCUT2D eigenvalue weighted by Gasteiger charge is -2.24. The standard InChI is InChI=1S/C13H25N3O6/c14-4-2-1-3-5-15(8-11(17)18)6-7-16(9-12(19)20)10-13(21)22/h1-10,14H2,(H,17,18)(H,19,20)(H,21,22). The summed E-state index contributed by atoms with van der Waals surface area (Å²) in [5.74, 6) is -3.20. The van der Waals surface area contributed by atoms with Crippen molar-refractivity contribution in [2.75, 3.05) is 45.8 Å². The molecule has 0 saturated heterocycles. The molecule has 0 heterocycles. The zero-order valence-corrected chi connectivity index (χ0v) is 12.6. The van der Waals surface area contributed by atoms with E-state index >= 15 is 0 Å². The summed E-state index contributed by atoms with van der Waals surface area (Å²) in [6, 6.07) is 0. The number of hydrogen-bond donors (Lipinski definition) is 4. The Morgan fingerprint density at radius 3 is 1.59 bits per heavy atom. The van der Waals surface area contributed by atoms with Crippen LogP contribution in [0.3, 0.4) is 0 Å². The Morgan fingerprint density at radius 2 is 1.14 bits per heavy atom. The van der Waals surface area contributed by atoms with Crippen LogP contribution in [0.1, 0.15) is 19.3 Å². The molecule has 128 valence electrons. The first-order valence-corrected chi connectivity index (χ1v) is 7.15. The maximum Gasteiger partial charge on any atom is 0.317 e. The van der Waals surface area contributed by atoms with Crippen molar-refractivity contribution in [2.45, 2.75) is 19.3 Å². The molecule has 0 aliphatic rings. The van der Waals surface area contributed by atoms with Crippen molar-refractivity contribution in [3.05, 3.63) is 0 Å². The van der Waals surface area contributed by atoms with Crippen molar-refractivity contribution in [3.8, 4) is 0 Å². The van der Waals surface area contributed by atoms with Crippen LogP contribution in [0.5, 0.6) is 0 Å². The number of nitrogens with two attached hydrogens (primary N) is 1. The van der Waals surface area contributed by atoms with Crippen LogP contribution in [0, 0.1) is 0 Å². The number of carboxylic acids is 3. The number of carbonyl (C=O) groups is 3. The van der Waals surface area contributed by atoms with Gasteiger partial charge in [0, 0.05) is 13.1 Å². The highest BCUT2D eigenvalue weighted by Gasteiger charge is 2.16. The molecule has 5 N–H and O–H groups in total. The molecule has 22 heavy (non-hydrogen) atoms. The van der Waals surface area contributed by atoms with Crippen LogP contribution in [0.15, 0.2) is 0 Å². The smallest absolute Gasteiger partial charge is 0.317 e. The van der Waals surface area contributed by atoms with Gasteiger partial charge in [-0.1, -0.05) is 6.42 Å². The van der Waals surface area contributed by atoms with Crippen molar-refractivity contribution in [1.29, 1.82) is 0 Å². The van der Waals surface area contributed by atoms with Crippen molar-refractivity contribution in [2.24, 2.45) is 5.73 Å². The molecule has 0 saturated carbocycles. The summed E-state index contributed by atoms with van der Waals surface area (Å²) in [6.07, 6.45) is 2.55. The Labute approximate surface area is 129 Å². The van der Waals surface area contributed by atoms with Gasteiger partial charge < -0.3 is 21.1 Å². The van der Waals surface area contributed by atoms with E-state index in [9.17, 15) is 14.4 Å². The molecule has 0 bridgehead atoms. The summed E-state index contributed by atoms with van der Waals surface area (Å²) in [4.78, 5) is 35.2. The molecule has 0 aromatic rings. The van der Waals surface area contributed by atoms with Crippen LogP contribution in [-0.2, 0) is 14.4 Å². The van der Waals surface area contributed by atoms with Crippen LogP contribution in [0.25, 0.3) is 0 Å². The number of aliphatic carboxylic acids is 3. The Morgan fingerprint density at radius 1 is 0.682 bits per heavy atom. The second kappa shape index (κ2) is 11.9. The third-order valence-corrected chi connectivity index (χ3v) is 2.99. The Hall–Kier alpha value is -1.71. The first-order valence-electron chi connectivity index (χ1n) is 7.15. The molecule has 0 amide bonds. The molecule has 9 nitrogen and oxygen atoms in total. The van der Waals surface area contributed by atoms with Gasteiger partial charge in [0.1, 0.15) is 0 Å². The molecule has 0 rings (SSSR count). The summed E-state index contributed by atoms with van der Waals surface area (Å²) in [5.41, 5.74) is 5.39. The van der Waals surface area contributed by atoms with Crippen LogP contribution in [0.2, 0.25) is 0 Å². The lowest BCUT2D eigenvalue weighted by Crippen LogP contribution is -2.42. The van der Waals surface area contributed by atoms with Gasteiger partial charge >= 0.3 is 17.9 Å². The van der Waals surface area contributed by atoms with E-state index < -0.39 is 17.9 Å². The zero-order valence-electron chi connectivity index (χ0n) is 12.6. The Balaban J connectivity index is 4.37. The number of nitrogens with zero attached hydrogens (tertiary/aromatic N) is 2. The first kappa shape index (κ1) is 20.3. The molecule has 0 aromatic carbocycles. The number of carboxylic acid groups (broad SMARTS) is 3. The van der Waals surface area contributed by atoms with Crippen molar-refractivity contribution < 1.29 is 29.7 Å². The monoisotopic (exact) mass is 319 g/mol. The van der Waals surface area contributed by atoms with Gasteiger partial charge in [-0.25, -0.2) is 0 Å². The fraction of sp³-hybridized carbons (Fsp3) is 0.769. The van der Waals surface area contributed by atoms with E-state index in [0.29, 0.717) is 19.6 Å². The van der Waals surface area contributed by atoms with Crippen LogP contribution < -0.4 is 5.73 Å². The SMILES string of the molecule is NCCCCCN(CCN(CC(=O)O)CC(=O)O)CC(=O)O. The highest BCUT2D eigenvalue weighted by Crippen LogP contribution is 2.00. The summed E-state index contributed by atoms with van der Waals surface area (Å²) in [5, 5.41) is 26.4. The number of rotatable bonds is 14. The molecule has 9 heteroatoms. The minimum atomic E-state index is -1.12.